The van der Waals surface area contributed by atoms with Crippen LogP contribution in [0, 0.1) is 0 Å². The number of carbonyl (C=O) groups excluding carboxylic acids is 1. The fraction of sp³-hybridized carbons (Fsp3) is 0.250. The molecule has 4 heteroatoms. The second-order valence-corrected chi connectivity index (χ2v) is 6.33. The molecule has 124 valence electrons. The number of para-hydroxylation sites is 1. The Balaban J connectivity index is 1.61. The molecule has 1 heterocycles. The van der Waals surface area contributed by atoms with Crippen LogP contribution in [0.5, 0.6) is 0 Å². The van der Waals surface area contributed by atoms with Gasteiger partial charge in [-0.2, -0.15) is 0 Å². The van der Waals surface area contributed by atoms with Crippen molar-refractivity contribution in [2.24, 2.45) is 0 Å². The zero-order valence-corrected chi connectivity index (χ0v) is 14.5. The molecule has 0 aliphatic rings. The Labute approximate surface area is 147 Å². The maximum absolute atomic E-state index is 12.3. The molecule has 2 aromatic carbocycles. The molecule has 1 atom stereocenters. The van der Waals surface area contributed by atoms with Crippen LogP contribution in [-0.4, -0.2) is 10.5 Å². The average Bonchev–Trinajstić information content (AvgIpc) is 3.02. The Morgan fingerprint density at radius 3 is 2.62 bits per heavy atom. The molecule has 0 bridgehead atoms. The molecule has 1 amide bonds. The van der Waals surface area contributed by atoms with Gasteiger partial charge < -0.3 is 9.88 Å². The number of rotatable bonds is 6. The number of fused-ring (bicyclic) bond motifs is 1. The van der Waals surface area contributed by atoms with E-state index >= 15 is 0 Å². The maximum Gasteiger partial charge on any atom is 0.222 e. The molecular formula is C20H21ClN2O. The fourth-order valence-electron chi connectivity index (χ4n) is 2.94. The first-order valence-electron chi connectivity index (χ1n) is 8.26. The third-order valence-corrected chi connectivity index (χ3v) is 4.53. The summed E-state index contributed by atoms with van der Waals surface area (Å²) in [5.74, 6) is 0.0644. The van der Waals surface area contributed by atoms with Gasteiger partial charge >= 0.3 is 0 Å². The van der Waals surface area contributed by atoms with Gasteiger partial charge in [0.15, 0.2) is 0 Å². The largest absolute Gasteiger partial charge is 0.349 e. The van der Waals surface area contributed by atoms with Crippen LogP contribution in [0.1, 0.15) is 31.4 Å². The molecule has 1 aromatic heterocycles. The minimum Gasteiger partial charge on any atom is -0.349 e. The van der Waals surface area contributed by atoms with Crippen molar-refractivity contribution in [3.05, 3.63) is 71.4 Å². The third-order valence-electron chi connectivity index (χ3n) is 4.28. The first-order chi connectivity index (χ1) is 11.7. The number of aromatic nitrogens is 1. The quantitative estimate of drug-likeness (QED) is 0.676. The molecule has 0 fully saturated rings. The van der Waals surface area contributed by atoms with E-state index in [2.05, 4.69) is 35.0 Å². The van der Waals surface area contributed by atoms with Crippen molar-refractivity contribution >= 4 is 28.4 Å². The predicted molar refractivity (Wildman–Crippen MR) is 99.2 cm³/mol. The summed E-state index contributed by atoms with van der Waals surface area (Å²) in [4.78, 5) is 12.3. The smallest absolute Gasteiger partial charge is 0.222 e. The van der Waals surface area contributed by atoms with Gasteiger partial charge in [0.05, 0.1) is 6.04 Å². The monoisotopic (exact) mass is 340 g/mol. The zero-order valence-electron chi connectivity index (χ0n) is 13.7. The van der Waals surface area contributed by atoms with Gasteiger partial charge in [-0.15, -0.1) is 0 Å². The van der Waals surface area contributed by atoms with Gasteiger partial charge in [0.25, 0.3) is 0 Å². The summed E-state index contributed by atoms with van der Waals surface area (Å²) in [5, 5.41) is 5.02. The number of hydrogen-bond acceptors (Lipinski definition) is 1. The summed E-state index contributed by atoms with van der Waals surface area (Å²) in [7, 11) is 0. The lowest BCUT2D eigenvalue weighted by molar-refractivity contribution is -0.122. The van der Waals surface area contributed by atoms with Crippen molar-refractivity contribution in [3.63, 3.8) is 0 Å². The van der Waals surface area contributed by atoms with Crippen LogP contribution >= 0.6 is 11.6 Å². The van der Waals surface area contributed by atoms with E-state index in [1.54, 1.807) is 0 Å². The first-order valence-corrected chi connectivity index (χ1v) is 8.64. The van der Waals surface area contributed by atoms with E-state index in [9.17, 15) is 4.79 Å². The second kappa shape index (κ2) is 7.54. The molecule has 0 saturated heterocycles. The Bertz CT molecular complexity index is 823. The third kappa shape index (κ3) is 3.80. The molecule has 3 rings (SSSR count). The zero-order chi connectivity index (χ0) is 16.9. The fourth-order valence-corrected chi connectivity index (χ4v) is 3.07. The summed E-state index contributed by atoms with van der Waals surface area (Å²) in [6, 6.07) is 18.0. The molecule has 0 aliphatic carbocycles. The van der Waals surface area contributed by atoms with Crippen LogP contribution in [0.4, 0.5) is 0 Å². The van der Waals surface area contributed by atoms with E-state index < -0.39 is 0 Å². The van der Waals surface area contributed by atoms with Gasteiger partial charge in [-0.1, -0.05) is 48.9 Å². The minimum absolute atomic E-state index is 0.0242. The molecule has 0 aliphatic heterocycles. The van der Waals surface area contributed by atoms with Gasteiger partial charge in [-0.25, -0.2) is 0 Å². The van der Waals surface area contributed by atoms with Crippen molar-refractivity contribution < 1.29 is 4.79 Å². The standard InChI is InChI=1S/C20H21ClN2O/c1-2-18(15-7-9-17(21)10-8-15)22-20(24)12-14-23-13-11-16-5-3-4-6-19(16)23/h3-11,13,18H,2,12,14H2,1H3,(H,22,24). The summed E-state index contributed by atoms with van der Waals surface area (Å²) < 4.78 is 2.12. The highest BCUT2D eigenvalue weighted by Gasteiger charge is 2.13. The number of halogens is 1. The van der Waals surface area contributed by atoms with E-state index in [0.717, 1.165) is 17.5 Å². The minimum atomic E-state index is 0.0242. The van der Waals surface area contributed by atoms with Crippen molar-refractivity contribution in [1.82, 2.24) is 9.88 Å². The van der Waals surface area contributed by atoms with E-state index in [0.29, 0.717) is 18.0 Å². The highest BCUT2D eigenvalue weighted by atomic mass is 35.5. The Hall–Kier alpha value is -2.26. The van der Waals surface area contributed by atoms with Crippen LogP contribution < -0.4 is 5.32 Å². The molecule has 3 aromatic rings. The van der Waals surface area contributed by atoms with Gasteiger partial charge in [0, 0.05) is 29.7 Å². The van der Waals surface area contributed by atoms with E-state index in [-0.39, 0.29) is 11.9 Å². The van der Waals surface area contributed by atoms with Gasteiger partial charge in [-0.05, 0) is 41.6 Å². The van der Waals surface area contributed by atoms with E-state index in [1.807, 2.05) is 42.6 Å². The number of nitrogens with zero attached hydrogens (tertiary/aromatic N) is 1. The Morgan fingerprint density at radius 1 is 1.12 bits per heavy atom. The molecule has 0 spiro atoms. The average molecular weight is 341 g/mol. The predicted octanol–water partition coefficient (Wildman–Crippen LogP) is 4.95. The number of carbonyl (C=O) groups is 1. The summed E-state index contributed by atoms with van der Waals surface area (Å²) in [5.41, 5.74) is 2.25. The topological polar surface area (TPSA) is 34.0 Å². The molecule has 3 nitrogen and oxygen atoms in total. The summed E-state index contributed by atoms with van der Waals surface area (Å²) in [6.45, 7) is 2.75. The first kappa shape index (κ1) is 16.6. The number of amides is 1. The molecule has 24 heavy (non-hydrogen) atoms. The lowest BCUT2D eigenvalue weighted by atomic mass is 10.0. The summed E-state index contributed by atoms with van der Waals surface area (Å²) >= 11 is 5.93. The summed E-state index contributed by atoms with van der Waals surface area (Å²) in [6.07, 6.45) is 3.34. The van der Waals surface area contributed by atoms with Gasteiger partial charge in [0.2, 0.25) is 5.91 Å². The number of benzene rings is 2. The van der Waals surface area contributed by atoms with Crippen LogP contribution in [0.3, 0.4) is 0 Å². The number of aryl methyl sites for hydroxylation is 1. The lowest BCUT2D eigenvalue weighted by Crippen LogP contribution is -2.28. The van der Waals surface area contributed by atoms with E-state index in [1.165, 1.54) is 5.39 Å². The SMILES string of the molecule is CCC(NC(=O)CCn1ccc2ccccc21)c1ccc(Cl)cc1. The van der Waals surface area contributed by atoms with Crippen LogP contribution in [-0.2, 0) is 11.3 Å². The van der Waals surface area contributed by atoms with Crippen LogP contribution in [0.25, 0.3) is 10.9 Å². The second-order valence-electron chi connectivity index (χ2n) is 5.90. The molecule has 0 saturated carbocycles. The Morgan fingerprint density at radius 2 is 1.88 bits per heavy atom. The highest BCUT2D eigenvalue weighted by molar-refractivity contribution is 6.30. The molecule has 1 unspecified atom stereocenters. The van der Waals surface area contributed by atoms with Crippen molar-refractivity contribution in [2.45, 2.75) is 32.4 Å². The van der Waals surface area contributed by atoms with Crippen molar-refractivity contribution in [2.75, 3.05) is 0 Å². The van der Waals surface area contributed by atoms with Gasteiger partial charge in [0.1, 0.15) is 0 Å². The normalized spacial score (nSPS) is 12.2. The molecule has 0 radical (unpaired) electrons. The van der Waals surface area contributed by atoms with Crippen molar-refractivity contribution in [3.8, 4) is 0 Å². The number of hydrogen-bond donors (Lipinski definition) is 1. The van der Waals surface area contributed by atoms with Crippen molar-refractivity contribution in [1.29, 1.82) is 0 Å². The number of nitrogens with one attached hydrogen (secondary N) is 1. The molecule has 1 N–H and O–H groups in total. The maximum atomic E-state index is 12.3. The van der Waals surface area contributed by atoms with E-state index in [4.69, 9.17) is 11.6 Å². The Kier molecular flexibility index (Phi) is 5.21. The molecular weight excluding hydrogens is 320 g/mol. The van der Waals surface area contributed by atoms with Crippen LogP contribution in [0.15, 0.2) is 60.8 Å². The lowest BCUT2D eigenvalue weighted by Gasteiger charge is -2.18. The van der Waals surface area contributed by atoms with Gasteiger partial charge in [-0.3, -0.25) is 4.79 Å². The highest BCUT2D eigenvalue weighted by Crippen LogP contribution is 2.20. The van der Waals surface area contributed by atoms with Crippen LogP contribution in [0.2, 0.25) is 5.02 Å².